The van der Waals surface area contributed by atoms with Crippen molar-refractivity contribution in [2.75, 3.05) is 19.6 Å². The summed E-state index contributed by atoms with van der Waals surface area (Å²) in [5.41, 5.74) is 1.37. The van der Waals surface area contributed by atoms with Crippen molar-refractivity contribution in [1.29, 1.82) is 0 Å². The molecule has 0 bridgehead atoms. The average Bonchev–Trinajstić information content (AvgIpc) is 3.24. The summed E-state index contributed by atoms with van der Waals surface area (Å²) >= 11 is 0. The molecule has 3 N–H and O–H groups in total. The normalized spacial score (nSPS) is 10.4. The Morgan fingerprint density at radius 1 is 1.00 bits per heavy atom. The van der Waals surface area contributed by atoms with Crippen LogP contribution in [0.4, 0.5) is 4.39 Å². The summed E-state index contributed by atoms with van der Waals surface area (Å²) in [5.74, 6) is -1.10. The molecular weight excluding hydrogens is 443 g/mol. The van der Waals surface area contributed by atoms with E-state index in [1.807, 2.05) is 6.92 Å². The molecule has 3 aromatic rings. The summed E-state index contributed by atoms with van der Waals surface area (Å²) in [6, 6.07) is 12.2. The van der Waals surface area contributed by atoms with Crippen molar-refractivity contribution in [3.8, 4) is 11.4 Å². The zero-order valence-corrected chi connectivity index (χ0v) is 18.8. The second-order valence-electron chi connectivity index (χ2n) is 7.19. The first-order valence-electron chi connectivity index (χ1n) is 10.6. The molecule has 0 saturated heterocycles. The average molecular weight is 468 g/mol. The number of carbonyl (C=O) groups excluding carboxylic acids is 3. The number of amides is 3. The van der Waals surface area contributed by atoms with Gasteiger partial charge in [0.15, 0.2) is 5.69 Å². The van der Waals surface area contributed by atoms with Crippen molar-refractivity contribution >= 4 is 17.7 Å². The third kappa shape index (κ3) is 6.37. The predicted octanol–water partition coefficient (Wildman–Crippen LogP) is 1.60. The number of aromatic nitrogens is 3. The van der Waals surface area contributed by atoms with Crippen LogP contribution in [0.2, 0.25) is 0 Å². The smallest absolute Gasteiger partial charge is 0.273 e. The maximum absolute atomic E-state index is 13.5. The minimum Gasteiger partial charge on any atom is -0.487 e. The lowest BCUT2D eigenvalue weighted by Gasteiger charge is -2.11. The molecule has 178 valence electrons. The summed E-state index contributed by atoms with van der Waals surface area (Å²) < 4.78 is 20.6. The van der Waals surface area contributed by atoms with Crippen LogP contribution in [0.1, 0.15) is 40.4 Å². The Labute approximate surface area is 195 Å². The highest BCUT2D eigenvalue weighted by Crippen LogP contribution is 2.18. The van der Waals surface area contributed by atoms with Gasteiger partial charge in [0.1, 0.15) is 23.9 Å². The Bertz CT molecular complexity index is 1160. The van der Waals surface area contributed by atoms with Gasteiger partial charge in [-0.05, 0) is 43.3 Å². The van der Waals surface area contributed by atoms with Gasteiger partial charge in [0.25, 0.3) is 11.8 Å². The highest BCUT2D eigenvalue weighted by atomic mass is 19.1. The summed E-state index contributed by atoms with van der Waals surface area (Å²) in [4.78, 5) is 35.8. The molecule has 0 radical (unpaired) electrons. The van der Waals surface area contributed by atoms with Gasteiger partial charge < -0.3 is 20.7 Å². The molecule has 10 nitrogen and oxygen atoms in total. The predicted molar refractivity (Wildman–Crippen MR) is 121 cm³/mol. The standard InChI is InChI=1S/C23H25FN6O4/c1-3-25-22(32)16-7-9-18(10-8-16)30-20(14-34-19-6-4-5-17(24)13-19)21(28-29-30)23(33)27-12-11-26-15(2)31/h4-10,13H,3,11-12,14H2,1-2H3,(H,25,32)(H,26,31)(H,27,33). The molecule has 0 aliphatic heterocycles. The summed E-state index contributed by atoms with van der Waals surface area (Å²) in [7, 11) is 0. The number of rotatable bonds is 10. The van der Waals surface area contributed by atoms with E-state index in [4.69, 9.17) is 4.74 Å². The van der Waals surface area contributed by atoms with E-state index in [9.17, 15) is 18.8 Å². The summed E-state index contributed by atoms with van der Waals surface area (Å²) in [6.07, 6.45) is 0. The van der Waals surface area contributed by atoms with Crippen LogP contribution >= 0.6 is 0 Å². The van der Waals surface area contributed by atoms with Crippen LogP contribution in [0, 0.1) is 5.82 Å². The number of nitrogens with one attached hydrogen (secondary N) is 3. The summed E-state index contributed by atoms with van der Waals surface area (Å²) in [5, 5.41) is 16.1. The minimum atomic E-state index is -0.506. The molecule has 0 aliphatic rings. The summed E-state index contributed by atoms with van der Waals surface area (Å²) in [6.45, 7) is 4.04. The van der Waals surface area contributed by atoms with E-state index in [1.54, 1.807) is 30.3 Å². The van der Waals surface area contributed by atoms with Crippen LogP contribution in [0.25, 0.3) is 5.69 Å². The molecule has 34 heavy (non-hydrogen) atoms. The molecule has 0 unspecified atom stereocenters. The van der Waals surface area contributed by atoms with Gasteiger partial charge in [0.05, 0.1) is 5.69 Å². The molecule has 0 fully saturated rings. The number of hydrogen-bond donors (Lipinski definition) is 3. The van der Waals surface area contributed by atoms with E-state index in [0.29, 0.717) is 23.5 Å². The van der Waals surface area contributed by atoms with E-state index >= 15 is 0 Å². The number of nitrogens with zero attached hydrogens (tertiary/aromatic N) is 3. The van der Waals surface area contributed by atoms with Crippen molar-refractivity contribution in [3.63, 3.8) is 0 Å². The molecule has 0 saturated carbocycles. The topological polar surface area (TPSA) is 127 Å². The molecule has 0 spiro atoms. The lowest BCUT2D eigenvalue weighted by atomic mass is 10.2. The van der Waals surface area contributed by atoms with E-state index in [2.05, 4.69) is 26.3 Å². The fourth-order valence-electron chi connectivity index (χ4n) is 3.04. The number of halogens is 1. The highest BCUT2D eigenvalue weighted by Gasteiger charge is 2.21. The van der Waals surface area contributed by atoms with Gasteiger partial charge in [-0.25, -0.2) is 9.07 Å². The molecule has 0 aliphatic carbocycles. The zero-order chi connectivity index (χ0) is 24.5. The second-order valence-corrected chi connectivity index (χ2v) is 7.19. The zero-order valence-electron chi connectivity index (χ0n) is 18.8. The molecule has 1 aromatic heterocycles. The third-order valence-corrected chi connectivity index (χ3v) is 4.65. The molecule has 2 aromatic carbocycles. The van der Waals surface area contributed by atoms with Crippen LogP contribution in [0.3, 0.4) is 0 Å². The van der Waals surface area contributed by atoms with Crippen LogP contribution < -0.4 is 20.7 Å². The second kappa shape index (κ2) is 11.5. The highest BCUT2D eigenvalue weighted by molar-refractivity contribution is 5.94. The maximum Gasteiger partial charge on any atom is 0.273 e. The minimum absolute atomic E-state index is 0.0204. The number of carbonyl (C=O) groups is 3. The SMILES string of the molecule is CCNC(=O)c1ccc(-n2nnc(C(=O)NCCNC(C)=O)c2COc2cccc(F)c2)cc1. The van der Waals surface area contributed by atoms with Crippen molar-refractivity contribution in [2.24, 2.45) is 0 Å². The van der Waals surface area contributed by atoms with E-state index < -0.39 is 11.7 Å². The largest absolute Gasteiger partial charge is 0.487 e. The van der Waals surface area contributed by atoms with Gasteiger partial charge >= 0.3 is 0 Å². The van der Waals surface area contributed by atoms with Crippen molar-refractivity contribution in [2.45, 2.75) is 20.5 Å². The van der Waals surface area contributed by atoms with Gasteiger partial charge in [0, 0.05) is 38.2 Å². The molecular formula is C23H25FN6O4. The third-order valence-electron chi connectivity index (χ3n) is 4.65. The van der Waals surface area contributed by atoms with E-state index in [0.717, 1.165) is 0 Å². The quantitative estimate of drug-likeness (QED) is 0.388. The first-order valence-corrected chi connectivity index (χ1v) is 10.6. The lowest BCUT2D eigenvalue weighted by Crippen LogP contribution is -2.34. The first kappa shape index (κ1) is 24.4. The van der Waals surface area contributed by atoms with E-state index in [1.165, 1.54) is 29.8 Å². The van der Waals surface area contributed by atoms with Crippen LogP contribution in [-0.2, 0) is 11.4 Å². The lowest BCUT2D eigenvalue weighted by molar-refractivity contribution is -0.118. The van der Waals surface area contributed by atoms with Crippen LogP contribution in [0.5, 0.6) is 5.75 Å². The first-order chi connectivity index (χ1) is 16.4. The Balaban J connectivity index is 1.85. The monoisotopic (exact) mass is 468 g/mol. The van der Waals surface area contributed by atoms with E-state index in [-0.39, 0.29) is 43.0 Å². The molecule has 1 heterocycles. The molecule has 0 atom stereocenters. The van der Waals surface area contributed by atoms with Gasteiger partial charge in [-0.3, -0.25) is 14.4 Å². The van der Waals surface area contributed by atoms with Crippen molar-refractivity contribution < 1.29 is 23.5 Å². The van der Waals surface area contributed by atoms with Gasteiger partial charge in [-0.2, -0.15) is 0 Å². The van der Waals surface area contributed by atoms with Crippen molar-refractivity contribution in [1.82, 2.24) is 30.9 Å². The number of ether oxygens (including phenoxy) is 1. The Kier molecular flexibility index (Phi) is 8.27. The fourth-order valence-corrected chi connectivity index (χ4v) is 3.04. The molecule has 11 heteroatoms. The van der Waals surface area contributed by atoms with Gasteiger partial charge in [-0.15, -0.1) is 5.10 Å². The molecule has 3 rings (SSSR count). The van der Waals surface area contributed by atoms with Crippen LogP contribution in [-0.4, -0.2) is 52.3 Å². The Morgan fingerprint density at radius 3 is 2.41 bits per heavy atom. The van der Waals surface area contributed by atoms with Crippen LogP contribution in [0.15, 0.2) is 48.5 Å². The number of benzene rings is 2. The number of hydrogen-bond acceptors (Lipinski definition) is 6. The Hall–Kier alpha value is -4.28. The van der Waals surface area contributed by atoms with Gasteiger partial charge in [0.2, 0.25) is 5.91 Å². The fraction of sp³-hybridized carbons (Fsp3) is 0.261. The molecule has 3 amide bonds. The van der Waals surface area contributed by atoms with Crippen molar-refractivity contribution in [3.05, 3.63) is 71.3 Å². The maximum atomic E-state index is 13.5. The Morgan fingerprint density at radius 2 is 1.74 bits per heavy atom. The van der Waals surface area contributed by atoms with Gasteiger partial charge in [-0.1, -0.05) is 11.3 Å².